The standard InChI is InChI=1S/C26H35N3O2S/c1-5-8-15-32-25(7-3)22-10-9-20(6-2)24(16-22)27-19(4)28-26(30)21-11-13-29(14-12-21)23-17-31-18-23/h6-10,15-16,21,23H,2,5,11-14,17-18H2,1,3-4H3,(H,27,28,30)/b15-8+,25-7-. The van der Waals surface area contributed by atoms with E-state index in [0.717, 1.165) is 62.4 Å². The van der Waals surface area contributed by atoms with E-state index in [1.165, 1.54) is 4.91 Å². The first-order chi connectivity index (χ1) is 15.5. The van der Waals surface area contributed by atoms with Crippen molar-refractivity contribution >= 4 is 40.2 Å². The number of amides is 1. The molecule has 2 heterocycles. The first-order valence-corrected chi connectivity index (χ1v) is 12.4. The molecule has 0 atom stereocenters. The van der Waals surface area contributed by atoms with Gasteiger partial charge in [0.1, 0.15) is 5.84 Å². The molecule has 1 aromatic carbocycles. The zero-order valence-electron chi connectivity index (χ0n) is 19.5. The largest absolute Gasteiger partial charge is 0.378 e. The predicted octanol–water partition coefficient (Wildman–Crippen LogP) is 5.62. The number of amidine groups is 1. The molecule has 1 amide bonds. The average Bonchev–Trinajstić information content (AvgIpc) is 2.76. The van der Waals surface area contributed by atoms with Gasteiger partial charge < -0.3 is 10.1 Å². The number of likely N-dealkylation sites (tertiary alicyclic amines) is 1. The van der Waals surface area contributed by atoms with Crippen LogP contribution in [0.1, 0.15) is 51.2 Å². The number of hydrogen-bond acceptors (Lipinski definition) is 5. The molecule has 1 N–H and O–H groups in total. The first kappa shape index (κ1) is 24.5. The van der Waals surface area contributed by atoms with Crippen LogP contribution in [-0.4, -0.2) is 49.0 Å². The van der Waals surface area contributed by atoms with Crippen molar-refractivity contribution in [2.75, 3.05) is 26.3 Å². The Balaban J connectivity index is 1.65. The minimum Gasteiger partial charge on any atom is -0.378 e. The molecule has 2 saturated heterocycles. The Kier molecular flexibility index (Phi) is 9.33. The molecule has 5 nitrogen and oxygen atoms in total. The van der Waals surface area contributed by atoms with Crippen LogP contribution in [-0.2, 0) is 9.53 Å². The Morgan fingerprint density at radius 3 is 2.69 bits per heavy atom. The van der Waals surface area contributed by atoms with Crippen molar-refractivity contribution in [2.24, 2.45) is 10.9 Å². The summed E-state index contributed by atoms with van der Waals surface area (Å²) in [5.74, 6) is 0.728. The Bertz CT molecular complexity index is 894. The molecule has 0 aromatic heterocycles. The van der Waals surface area contributed by atoms with Crippen LogP contribution in [0.4, 0.5) is 5.69 Å². The van der Waals surface area contributed by atoms with E-state index < -0.39 is 0 Å². The van der Waals surface area contributed by atoms with Gasteiger partial charge in [-0.2, -0.15) is 0 Å². The molecule has 0 saturated carbocycles. The lowest BCUT2D eigenvalue weighted by atomic mass is 9.94. The van der Waals surface area contributed by atoms with E-state index in [4.69, 9.17) is 9.73 Å². The second-order valence-electron chi connectivity index (χ2n) is 8.22. The topological polar surface area (TPSA) is 53.9 Å². The number of nitrogens with one attached hydrogen (secondary N) is 1. The molecule has 0 aliphatic carbocycles. The minimum atomic E-state index is 0.0407. The van der Waals surface area contributed by atoms with Crippen molar-refractivity contribution in [3.8, 4) is 0 Å². The molecule has 6 heteroatoms. The number of carbonyl (C=O) groups is 1. The van der Waals surface area contributed by atoms with Crippen LogP contribution in [0.3, 0.4) is 0 Å². The smallest absolute Gasteiger partial charge is 0.228 e. The maximum Gasteiger partial charge on any atom is 0.228 e. The third kappa shape index (κ3) is 6.44. The zero-order valence-corrected chi connectivity index (χ0v) is 20.3. The molecule has 32 heavy (non-hydrogen) atoms. The number of hydrogen-bond donors (Lipinski definition) is 1. The highest BCUT2D eigenvalue weighted by atomic mass is 32.2. The molecule has 2 aliphatic heterocycles. The Labute approximate surface area is 196 Å². The molecule has 0 unspecified atom stereocenters. The second kappa shape index (κ2) is 12.2. The summed E-state index contributed by atoms with van der Waals surface area (Å²) in [6.45, 7) is 13.5. The van der Waals surface area contributed by atoms with Crippen LogP contribution in [0.15, 0.2) is 47.3 Å². The molecule has 0 bridgehead atoms. The van der Waals surface area contributed by atoms with Crippen molar-refractivity contribution in [1.29, 1.82) is 0 Å². The third-order valence-corrected chi connectivity index (χ3v) is 7.01. The van der Waals surface area contributed by atoms with E-state index in [9.17, 15) is 4.79 Å². The van der Waals surface area contributed by atoms with E-state index in [1.54, 1.807) is 17.8 Å². The van der Waals surface area contributed by atoms with Crippen LogP contribution >= 0.6 is 11.8 Å². The summed E-state index contributed by atoms with van der Waals surface area (Å²) in [7, 11) is 0. The number of carbonyl (C=O) groups excluding carboxylic acids is 1. The molecular weight excluding hydrogens is 418 g/mol. The molecule has 0 radical (unpaired) electrons. The van der Waals surface area contributed by atoms with Crippen LogP contribution in [0.2, 0.25) is 0 Å². The van der Waals surface area contributed by atoms with Crippen LogP contribution in [0, 0.1) is 5.92 Å². The lowest BCUT2D eigenvalue weighted by Gasteiger charge is -2.41. The monoisotopic (exact) mass is 453 g/mol. The van der Waals surface area contributed by atoms with Gasteiger partial charge in [-0.15, -0.1) is 0 Å². The van der Waals surface area contributed by atoms with Gasteiger partial charge in [-0.3, -0.25) is 9.69 Å². The predicted molar refractivity (Wildman–Crippen MR) is 137 cm³/mol. The summed E-state index contributed by atoms with van der Waals surface area (Å²) in [5, 5.41) is 5.15. The molecule has 2 aliphatic rings. The van der Waals surface area contributed by atoms with Gasteiger partial charge in [-0.25, -0.2) is 4.99 Å². The number of ether oxygens (including phenoxy) is 1. The van der Waals surface area contributed by atoms with Crippen molar-refractivity contribution in [3.63, 3.8) is 0 Å². The summed E-state index contributed by atoms with van der Waals surface area (Å²) in [6, 6.07) is 6.73. The van der Waals surface area contributed by atoms with Gasteiger partial charge in [0.25, 0.3) is 0 Å². The summed E-state index contributed by atoms with van der Waals surface area (Å²) in [5.41, 5.74) is 2.87. The molecule has 0 spiro atoms. The van der Waals surface area contributed by atoms with Gasteiger partial charge in [-0.05, 0) is 68.8 Å². The molecule has 2 fully saturated rings. The lowest BCUT2D eigenvalue weighted by Crippen LogP contribution is -2.53. The Morgan fingerprint density at radius 2 is 2.09 bits per heavy atom. The fraction of sp³-hybridized carbons (Fsp3) is 0.462. The van der Waals surface area contributed by atoms with E-state index in [-0.39, 0.29) is 11.8 Å². The maximum absolute atomic E-state index is 12.8. The highest BCUT2D eigenvalue weighted by Gasteiger charge is 2.32. The number of thioether (sulfide) groups is 1. The summed E-state index contributed by atoms with van der Waals surface area (Å²) in [4.78, 5) is 21.2. The van der Waals surface area contributed by atoms with Crippen molar-refractivity contribution in [1.82, 2.24) is 10.2 Å². The Hall–Kier alpha value is -2.15. The number of rotatable bonds is 8. The van der Waals surface area contributed by atoms with E-state index in [0.29, 0.717) is 11.9 Å². The molecule has 3 rings (SSSR count). The quantitative estimate of drug-likeness (QED) is 0.410. The van der Waals surface area contributed by atoms with Crippen molar-refractivity contribution < 1.29 is 9.53 Å². The third-order valence-electron chi connectivity index (χ3n) is 5.95. The highest BCUT2D eigenvalue weighted by molar-refractivity contribution is 8.10. The molecule has 1 aromatic rings. The Morgan fingerprint density at radius 1 is 1.34 bits per heavy atom. The van der Waals surface area contributed by atoms with Crippen molar-refractivity contribution in [3.05, 3.63) is 53.5 Å². The maximum atomic E-state index is 12.8. The lowest BCUT2D eigenvalue weighted by molar-refractivity contribution is -0.126. The van der Waals surface area contributed by atoms with E-state index in [1.807, 2.05) is 19.9 Å². The number of benzene rings is 1. The second-order valence-corrected chi connectivity index (χ2v) is 9.16. The van der Waals surface area contributed by atoms with Gasteiger partial charge in [0, 0.05) is 10.8 Å². The van der Waals surface area contributed by atoms with Gasteiger partial charge in [0.2, 0.25) is 5.91 Å². The highest BCUT2D eigenvalue weighted by Crippen LogP contribution is 2.33. The fourth-order valence-corrected chi connectivity index (χ4v) is 4.77. The zero-order chi connectivity index (χ0) is 22.9. The van der Waals surface area contributed by atoms with Gasteiger partial charge in [-0.1, -0.05) is 55.6 Å². The summed E-state index contributed by atoms with van der Waals surface area (Å²) in [6.07, 6.45) is 8.85. The van der Waals surface area contributed by atoms with Crippen molar-refractivity contribution in [2.45, 2.75) is 46.1 Å². The van der Waals surface area contributed by atoms with Crippen LogP contribution < -0.4 is 5.32 Å². The summed E-state index contributed by atoms with van der Waals surface area (Å²) >= 11 is 1.70. The summed E-state index contributed by atoms with van der Waals surface area (Å²) < 4.78 is 5.29. The van der Waals surface area contributed by atoms with Gasteiger partial charge in [0.15, 0.2) is 0 Å². The SMILES string of the molecule is C=Cc1ccc(/C(=C/C)S/C=C/CC)cc1N=C(C)NC(=O)C1CCN(C2COC2)CC1. The van der Waals surface area contributed by atoms with E-state index in [2.05, 4.69) is 53.4 Å². The minimum absolute atomic E-state index is 0.0407. The number of aliphatic imine (C=N–C) groups is 1. The average molecular weight is 454 g/mol. The van der Waals surface area contributed by atoms with Crippen LogP contribution in [0.25, 0.3) is 11.0 Å². The van der Waals surface area contributed by atoms with Crippen LogP contribution in [0.5, 0.6) is 0 Å². The fourth-order valence-electron chi connectivity index (χ4n) is 3.94. The van der Waals surface area contributed by atoms with Gasteiger partial charge in [0.05, 0.1) is 24.9 Å². The van der Waals surface area contributed by atoms with E-state index >= 15 is 0 Å². The molecule has 172 valence electrons. The normalized spacial score (nSPS) is 19.2. The number of nitrogens with zero attached hydrogens (tertiary/aromatic N) is 2. The first-order valence-electron chi connectivity index (χ1n) is 11.5. The van der Waals surface area contributed by atoms with Gasteiger partial charge >= 0.3 is 0 Å². The number of allylic oxidation sites excluding steroid dienone is 2. The number of piperidine rings is 1. The molecular formula is C26H35N3O2S.